The number of aliphatic hydroxyl groups excluding tert-OH is 1. The molecule has 0 unspecified atom stereocenters. The first-order chi connectivity index (χ1) is 8.42. The van der Waals surface area contributed by atoms with Crippen LogP contribution in [0.15, 0.2) is 0 Å². The van der Waals surface area contributed by atoms with Crippen molar-refractivity contribution in [3.63, 3.8) is 0 Å². The number of urea groups is 1. The molecule has 0 spiro atoms. The third kappa shape index (κ3) is 6.41. The number of hydrogen-bond donors (Lipinski definition) is 3. The van der Waals surface area contributed by atoms with Crippen molar-refractivity contribution in [2.45, 2.75) is 19.4 Å². The highest BCUT2D eigenvalue weighted by Crippen LogP contribution is 1.95. The van der Waals surface area contributed by atoms with E-state index >= 15 is 0 Å². The Bertz CT molecular complexity index is 271. The molecule has 7 nitrogen and oxygen atoms in total. The van der Waals surface area contributed by atoms with E-state index in [9.17, 15) is 9.59 Å². The summed E-state index contributed by atoms with van der Waals surface area (Å²) in [5, 5.41) is 19.9. The van der Waals surface area contributed by atoms with E-state index in [2.05, 4.69) is 5.32 Å². The van der Waals surface area contributed by atoms with E-state index in [0.717, 1.165) is 6.42 Å². The molecule has 0 heterocycles. The number of carboxylic acids is 1. The van der Waals surface area contributed by atoms with E-state index in [1.807, 2.05) is 25.9 Å². The molecule has 0 fully saturated rings. The van der Waals surface area contributed by atoms with E-state index in [1.165, 1.54) is 0 Å². The van der Waals surface area contributed by atoms with Gasteiger partial charge in [0.15, 0.2) is 6.04 Å². The second-order valence-corrected chi connectivity index (χ2v) is 4.31. The molecule has 7 heteroatoms. The summed E-state index contributed by atoms with van der Waals surface area (Å²) >= 11 is 0. The fourth-order valence-corrected chi connectivity index (χ4v) is 1.33. The Kier molecular flexibility index (Phi) is 8.06. The molecule has 0 saturated carbocycles. The summed E-state index contributed by atoms with van der Waals surface area (Å²) in [5.74, 6) is -1.24. The van der Waals surface area contributed by atoms with Crippen LogP contribution in [0.4, 0.5) is 4.79 Å². The maximum atomic E-state index is 11.8. The van der Waals surface area contributed by atoms with E-state index in [1.54, 1.807) is 4.90 Å². The Labute approximate surface area is 107 Å². The van der Waals surface area contributed by atoms with Crippen molar-refractivity contribution in [1.29, 1.82) is 0 Å². The van der Waals surface area contributed by atoms with Crippen LogP contribution in [-0.2, 0) is 4.79 Å². The lowest BCUT2D eigenvalue weighted by molar-refractivity contribution is -0.140. The summed E-state index contributed by atoms with van der Waals surface area (Å²) in [5.41, 5.74) is 0. The van der Waals surface area contributed by atoms with E-state index in [0.29, 0.717) is 19.6 Å². The van der Waals surface area contributed by atoms with Gasteiger partial charge >= 0.3 is 12.0 Å². The molecule has 0 saturated heterocycles. The first-order valence-corrected chi connectivity index (χ1v) is 5.96. The predicted molar refractivity (Wildman–Crippen MR) is 67.5 cm³/mol. The van der Waals surface area contributed by atoms with Gasteiger partial charge < -0.3 is 25.3 Å². The van der Waals surface area contributed by atoms with Gasteiger partial charge in [0, 0.05) is 19.6 Å². The fourth-order valence-electron chi connectivity index (χ4n) is 1.33. The normalized spacial score (nSPS) is 12.3. The molecule has 0 radical (unpaired) electrons. The Hall–Kier alpha value is -1.34. The molecule has 0 rings (SSSR count). The molecule has 106 valence electrons. The average molecular weight is 261 g/mol. The fraction of sp³-hybridized carbons (Fsp3) is 0.818. The predicted octanol–water partition coefficient (Wildman–Crippen LogP) is -0.585. The second-order valence-electron chi connectivity index (χ2n) is 4.31. The Morgan fingerprint density at radius 1 is 1.22 bits per heavy atom. The van der Waals surface area contributed by atoms with Crippen molar-refractivity contribution in [3.8, 4) is 0 Å². The molecule has 0 aliphatic heterocycles. The number of amides is 2. The van der Waals surface area contributed by atoms with Gasteiger partial charge in [-0.15, -0.1) is 0 Å². The Morgan fingerprint density at radius 2 is 1.83 bits per heavy atom. The second kappa shape index (κ2) is 8.71. The van der Waals surface area contributed by atoms with Crippen LogP contribution in [-0.4, -0.2) is 78.4 Å². The lowest BCUT2D eigenvalue weighted by Gasteiger charge is -2.25. The number of nitrogens with one attached hydrogen (secondary N) is 1. The zero-order valence-electron chi connectivity index (χ0n) is 11.2. The highest BCUT2D eigenvalue weighted by molar-refractivity contribution is 5.82. The van der Waals surface area contributed by atoms with Gasteiger partial charge in [-0.2, -0.15) is 0 Å². The molecule has 18 heavy (non-hydrogen) atoms. The van der Waals surface area contributed by atoms with Crippen LogP contribution in [0, 0.1) is 0 Å². The lowest BCUT2D eigenvalue weighted by atomic mass is 10.3. The standard InChI is InChI=1S/C11H23N3O4/c1-4-5-14(7-6-13(2)3)11(18)12-9(8-15)10(16)17/h9,15H,4-8H2,1-3H3,(H,12,18)(H,16,17)/t9-/m1/s1. The van der Waals surface area contributed by atoms with Crippen LogP contribution in [0.1, 0.15) is 13.3 Å². The van der Waals surface area contributed by atoms with Crippen LogP contribution in [0.5, 0.6) is 0 Å². The number of rotatable bonds is 8. The first kappa shape index (κ1) is 16.7. The van der Waals surface area contributed by atoms with Crippen LogP contribution in [0.2, 0.25) is 0 Å². The number of nitrogens with zero attached hydrogens (tertiary/aromatic N) is 2. The molecule has 0 aromatic rings. The van der Waals surface area contributed by atoms with Gasteiger partial charge in [-0.1, -0.05) is 6.92 Å². The Morgan fingerprint density at radius 3 is 2.22 bits per heavy atom. The maximum absolute atomic E-state index is 11.8. The van der Waals surface area contributed by atoms with Crippen LogP contribution in [0.3, 0.4) is 0 Å². The van der Waals surface area contributed by atoms with Crippen molar-refractivity contribution in [1.82, 2.24) is 15.1 Å². The third-order valence-corrected chi connectivity index (χ3v) is 2.38. The molecule has 0 aromatic heterocycles. The zero-order valence-corrected chi connectivity index (χ0v) is 11.2. The zero-order chi connectivity index (χ0) is 14.1. The minimum Gasteiger partial charge on any atom is -0.480 e. The monoisotopic (exact) mass is 261 g/mol. The molecule has 1 atom stereocenters. The quantitative estimate of drug-likeness (QED) is 0.543. The van der Waals surface area contributed by atoms with E-state index in [-0.39, 0.29) is 0 Å². The molecule has 0 bridgehead atoms. The number of carbonyl (C=O) groups is 2. The number of hydrogen-bond acceptors (Lipinski definition) is 4. The summed E-state index contributed by atoms with van der Waals surface area (Å²) < 4.78 is 0. The summed E-state index contributed by atoms with van der Waals surface area (Å²) in [6, 6.07) is -1.71. The van der Waals surface area contributed by atoms with Gasteiger partial charge in [0.05, 0.1) is 6.61 Å². The van der Waals surface area contributed by atoms with Gasteiger partial charge in [0.1, 0.15) is 0 Å². The van der Waals surface area contributed by atoms with Crippen molar-refractivity contribution in [2.75, 3.05) is 40.3 Å². The van der Waals surface area contributed by atoms with E-state index < -0.39 is 24.6 Å². The SMILES string of the molecule is CCCN(CCN(C)C)C(=O)N[C@H](CO)C(=O)O. The number of carbonyl (C=O) groups excluding carboxylic acids is 1. The molecule has 2 amide bonds. The molecular weight excluding hydrogens is 238 g/mol. The summed E-state index contributed by atoms with van der Waals surface area (Å²) in [7, 11) is 3.80. The van der Waals surface area contributed by atoms with Gasteiger partial charge in [0.2, 0.25) is 0 Å². The summed E-state index contributed by atoms with van der Waals surface area (Å²) in [6.07, 6.45) is 0.789. The van der Waals surface area contributed by atoms with Gasteiger partial charge in [0.25, 0.3) is 0 Å². The van der Waals surface area contributed by atoms with Crippen molar-refractivity contribution in [2.24, 2.45) is 0 Å². The van der Waals surface area contributed by atoms with Crippen LogP contribution < -0.4 is 5.32 Å². The smallest absolute Gasteiger partial charge is 0.328 e. The van der Waals surface area contributed by atoms with Gasteiger partial charge in [-0.3, -0.25) is 0 Å². The number of likely N-dealkylation sites (N-methyl/N-ethyl adjacent to an activating group) is 1. The molecule has 0 aromatic carbocycles. The molecular formula is C11H23N3O4. The Balaban J connectivity index is 4.40. The molecule has 3 N–H and O–H groups in total. The summed E-state index contributed by atoms with van der Waals surface area (Å²) in [4.78, 5) is 26.0. The minimum atomic E-state index is -1.25. The summed E-state index contributed by atoms with van der Waals surface area (Å²) in [6.45, 7) is 3.09. The van der Waals surface area contributed by atoms with E-state index in [4.69, 9.17) is 10.2 Å². The topological polar surface area (TPSA) is 93.1 Å². The van der Waals surface area contributed by atoms with Gasteiger partial charge in [-0.05, 0) is 20.5 Å². The molecule has 0 aliphatic rings. The van der Waals surface area contributed by atoms with Crippen LogP contribution >= 0.6 is 0 Å². The van der Waals surface area contributed by atoms with Crippen LogP contribution in [0.25, 0.3) is 0 Å². The maximum Gasteiger partial charge on any atom is 0.328 e. The minimum absolute atomic E-state index is 0.458. The van der Waals surface area contributed by atoms with Crippen molar-refractivity contribution < 1.29 is 19.8 Å². The first-order valence-electron chi connectivity index (χ1n) is 5.96. The number of aliphatic carboxylic acids is 1. The third-order valence-electron chi connectivity index (χ3n) is 2.38. The highest BCUT2D eigenvalue weighted by atomic mass is 16.4. The van der Waals surface area contributed by atoms with Crippen molar-refractivity contribution >= 4 is 12.0 Å². The molecule has 0 aliphatic carbocycles. The van der Waals surface area contributed by atoms with Gasteiger partial charge in [-0.25, -0.2) is 9.59 Å². The average Bonchev–Trinajstić information content (AvgIpc) is 2.30. The number of aliphatic hydroxyl groups is 1. The largest absolute Gasteiger partial charge is 0.480 e. The van der Waals surface area contributed by atoms with Crippen molar-refractivity contribution in [3.05, 3.63) is 0 Å². The highest BCUT2D eigenvalue weighted by Gasteiger charge is 2.21. The lowest BCUT2D eigenvalue weighted by Crippen LogP contribution is -2.50. The number of carboxylic acid groups (broad SMARTS) is 1.